The number of hydrogen-bond acceptors (Lipinski definition) is 6. The predicted molar refractivity (Wildman–Crippen MR) is 132 cm³/mol. The van der Waals surface area contributed by atoms with E-state index in [2.05, 4.69) is 47.7 Å². The van der Waals surface area contributed by atoms with Gasteiger partial charge in [0.15, 0.2) is 11.5 Å². The molecule has 1 aromatic heterocycles. The summed E-state index contributed by atoms with van der Waals surface area (Å²) in [6, 6.07) is 13.8. The normalized spacial score (nSPS) is 11.4. The van der Waals surface area contributed by atoms with Crippen LogP contribution in [-0.4, -0.2) is 30.2 Å². The van der Waals surface area contributed by atoms with Crippen molar-refractivity contribution in [2.24, 2.45) is 5.10 Å². The van der Waals surface area contributed by atoms with Gasteiger partial charge in [0.2, 0.25) is 0 Å². The molecule has 1 heterocycles. The molecule has 7 nitrogen and oxygen atoms in total. The maximum Gasteiger partial charge on any atom is 0.287 e. The number of halogens is 2. The molecule has 10 heteroatoms. The summed E-state index contributed by atoms with van der Waals surface area (Å²) in [5.41, 5.74) is 3.11. The SMILES string of the molecule is COc1cc(Br)c(Br)c(/C=N\NC(=O)/C(=C\c2cccs2)NC(=O)c2ccccc2)c1O. The van der Waals surface area contributed by atoms with E-state index in [-0.39, 0.29) is 17.2 Å². The highest BCUT2D eigenvalue weighted by atomic mass is 79.9. The zero-order valence-corrected chi connectivity index (χ0v) is 20.6. The number of carbonyl (C=O) groups is 2. The van der Waals surface area contributed by atoms with Gasteiger partial charge in [0.05, 0.1) is 18.9 Å². The maximum absolute atomic E-state index is 12.8. The number of aromatic hydroxyl groups is 1. The van der Waals surface area contributed by atoms with Crippen molar-refractivity contribution in [3.63, 3.8) is 0 Å². The zero-order valence-electron chi connectivity index (χ0n) is 16.6. The van der Waals surface area contributed by atoms with Crippen molar-refractivity contribution in [3.8, 4) is 11.5 Å². The van der Waals surface area contributed by atoms with Gasteiger partial charge >= 0.3 is 0 Å². The van der Waals surface area contributed by atoms with Gasteiger partial charge in [-0.2, -0.15) is 5.10 Å². The molecule has 0 aliphatic carbocycles. The third-order valence-electron chi connectivity index (χ3n) is 4.13. The molecule has 0 atom stereocenters. The molecule has 0 radical (unpaired) electrons. The van der Waals surface area contributed by atoms with Crippen LogP contribution in [0.2, 0.25) is 0 Å². The first kappa shape index (κ1) is 23.7. The van der Waals surface area contributed by atoms with Gasteiger partial charge in [-0.3, -0.25) is 9.59 Å². The van der Waals surface area contributed by atoms with Crippen molar-refractivity contribution < 1.29 is 19.4 Å². The molecule has 0 aliphatic rings. The van der Waals surface area contributed by atoms with Gasteiger partial charge in [-0.15, -0.1) is 11.3 Å². The smallest absolute Gasteiger partial charge is 0.287 e. The van der Waals surface area contributed by atoms with E-state index in [0.29, 0.717) is 20.1 Å². The van der Waals surface area contributed by atoms with Crippen LogP contribution in [0, 0.1) is 0 Å². The summed E-state index contributed by atoms with van der Waals surface area (Å²) in [7, 11) is 1.43. The molecular weight excluding hydrogens is 562 g/mol. The number of phenolic OH excluding ortho intramolecular Hbond substituents is 1. The molecule has 32 heavy (non-hydrogen) atoms. The van der Waals surface area contributed by atoms with Crippen molar-refractivity contribution in [1.29, 1.82) is 0 Å². The lowest BCUT2D eigenvalue weighted by Crippen LogP contribution is -2.32. The quantitative estimate of drug-likeness (QED) is 0.211. The van der Waals surface area contributed by atoms with Crippen LogP contribution in [0.25, 0.3) is 6.08 Å². The topological polar surface area (TPSA) is 100 Å². The highest BCUT2D eigenvalue weighted by molar-refractivity contribution is 9.13. The number of hydrazone groups is 1. The van der Waals surface area contributed by atoms with Crippen molar-refractivity contribution in [2.75, 3.05) is 7.11 Å². The second-order valence-electron chi connectivity index (χ2n) is 6.23. The number of ether oxygens (including phenoxy) is 1. The Kier molecular flexibility index (Phi) is 8.20. The summed E-state index contributed by atoms with van der Waals surface area (Å²) in [5.74, 6) is -0.963. The fourth-order valence-electron chi connectivity index (χ4n) is 2.56. The Labute approximate surface area is 205 Å². The number of carbonyl (C=O) groups excluding carboxylic acids is 2. The largest absolute Gasteiger partial charge is 0.504 e. The van der Waals surface area contributed by atoms with E-state index in [4.69, 9.17) is 4.74 Å². The average Bonchev–Trinajstić information content (AvgIpc) is 3.31. The molecule has 164 valence electrons. The molecule has 3 N–H and O–H groups in total. The zero-order chi connectivity index (χ0) is 23.1. The van der Waals surface area contributed by atoms with Gasteiger partial charge in [0, 0.05) is 19.4 Å². The third-order valence-corrected chi connectivity index (χ3v) is 6.96. The Balaban J connectivity index is 1.82. The molecule has 3 aromatic rings. The lowest BCUT2D eigenvalue weighted by molar-refractivity contribution is -0.117. The van der Waals surface area contributed by atoms with Crippen molar-refractivity contribution in [3.05, 3.63) is 84.6 Å². The van der Waals surface area contributed by atoms with E-state index in [0.717, 1.165) is 4.88 Å². The molecule has 0 saturated heterocycles. The van der Waals surface area contributed by atoms with Crippen molar-refractivity contribution in [1.82, 2.24) is 10.7 Å². The molecule has 0 aliphatic heterocycles. The fraction of sp³-hybridized carbons (Fsp3) is 0.0455. The van der Waals surface area contributed by atoms with Gasteiger partial charge in [0.25, 0.3) is 11.8 Å². The minimum Gasteiger partial charge on any atom is -0.504 e. The lowest BCUT2D eigenvalue weighted by Gasteiger charge is -2.10. The molecule has 0 bridgehead atoms. The minimum absolute atomic E-state index is 0.0218. The van der Waals surface area contributed by atoms with E-state index in [1.807, 2.05) is 17.5 Å². The lowest BCUT2D eigenvalue weighted by atomic mass is 10.2. The number of phenols is 1. The monoisotopic (exact) mass is 577 g/mol. The molecule has 0 fully saturated rings. The first-order valence-corrected chi connectivity index (χ1v) is 11.6. The van der Waals surface area contributed by atoms with E-state index < -0.39 is 11.8 Å². The van der Waals surface area contributed by atoms with Gasteiger partial charge < -0.3 is 15.2 Å². The Morgan fingerprint density at radius 2 is 1.91 bits per heavy atom. The van der Waals surface area contributed by atoms with Crippen LogP contribution in [0.5, 0.6) is 11.5 Å². The highest BCUT2D eigenvalue weighted by Crippen LogP contribution is 2.39. The Bertz CT molecular complexity index is 1180. The molecule has 3 rings (SSSR count). The molecule has 0 saturated carbocycles. The van der Waals surface area contributed by atoms with E-state index in [1.165, 1.54) is 24.7 Å². The summed E-state index contributed by atoms with van der Waals surface area (Å²) in [6.45, 7) is 0. The molecule has 2 amide bonds. The summed E-state index contributed by atoms with van der Waals surface area (Å²) in [5, 5.41) is 18.8. The molecule has 2 aromatic carbocycles. The number of amides is 2. The summed E-state index contributed by atoms with van der Waals surface area (Å²) in [6.07, 6.45) is 2.83. The maximum atomic E-state index is 12.8. The molecular formula is C22H17Br2N3O4S. The summed E-state index contributed by atoms with van der Waals surface area (Å²) < 4.78 is 6.29. The van der Waals surface area contributed by atoms with Crippen LogP contribution in [-0.2, 0) is 4.79 Å². The van der Waals surface area contributed by atoms with Crippen LogP contribution in [0.1, 0.15) is 20.8 Å². The Hall–Kier alpha value is -2.95. The van der Waals surface area contributed by atoms with Gasteiger partial charge in [0.1, 0.15) is 5.70 Å². The first-order valence-electron chi connectivity index (χ1n) is 9.10. The molecule has 0 spiro atoms. The minimum atomic E-state index is -0.628. The fourth-order valence-corrected chi connectivity index (χ4v) is 4.04. The van der Waals surface area contributed by atoms with Crippen molar-refractivity contribution in [2.45, 2.75) is 0 Å². The van der Waals surface area contributed by atoms with Crippen LogP contribution in [0.3, 0.4) is 0 Å². The van der Waals surface area contributed by atoms with Crippen LogP contribution >= 0.6 is 43.2 Å². The number of rotatable bonds is 7. The summed E-state index contributed by atoms with van der Waals surface area (Å²) >= 11 is 8.13. The average molecular weight is 579 g/mol. The number of methoxy groups -OCH3 is 1. The van der Waals surface area contributed by atoms with Crippen molar-refractivity contribution >= 4 is 67.3 Å². The predicted octanol–water partition coefficient (Wildman–Crippen LogP) is 4.91. The second-order valence-corrected chi connectivity index (χ2v) is 8.86. The third kappa shape index (κ3) is 5.84. The van der Waals surface area contributed by atoms with E-state index >= 15 is 0 Å². The Morgan fingerprint density at radius 1 is 1.16 bits per heavy atom. The van der Waals surface area contributed by atoms with Crippen LogP contribution in [0.15, 0.2) is 73.7 Å². The van der Waals surface area contributed by atoms with Gasteiger partial charge in [-0.05, 0) is 67.6 Å². The van der Waals surface area contributed by atoms with Gasteiger partial charge in [-0.25, -0.2) is 5.43 Å². The number of benzene rings is 2. The van der Waals surface area contributed by atoms with Gasteiger partial charge in [-0.1, -0.05) is 24.3 Å². The first-order chi connectivity index (χ1) is 15.4. The standard InChI is InChI=1S/C22H17Br2N3O4S/c1-31-18-11-16(23)19(24)15(20(18)28)12-25-27-22(30)17(10-14-8-5-9-32-14)26-21(29)13-6-3-2-4-7-13/h2-12,28H,1H3,(H,26,29)(H,27,30)/b17-10+,25-12-. The number of nitrogens with one attached hydrogen (secondary N) is 2. The highest BCUT2D eigenvalue weighted by Gasteiger charge is 2.16. The number of hydrogen-bond donors (Lipinski definition) is 3. The summed E-state index contributed by atoms with van der Waals surface area (Å²) in [4.78, 5) is 26.1. The second kappa shape index (κ2) is 11.1. The van der Waals surface area contributed by atoms with E-state index in [9.17, 15) is 14.7 Å². The number of thiophene rings is 1. The Morgan fingerprint density at radius 3 is 2.56 bits per heavy atom. The number of nitrogens with zero attached hydrogens (tertiary/aromatic N) is 1. The van der Waals surface area contributed by atoms with Crippen LogP contribution in [0.4, 0.5) is 0 Å². The van der Waals surface area contributed by atoms with Crippen LogP contribution < -0.4 is 15.5 Å². The van der Waals surface area contributed by atoms with E-state index in [1.54, 1.807) is 42.5 Å². The molecule has 0 unspecified atom stereocenters.